The number of benzene rings is 1. The normalized spacial score (nSPS) is 21.6. The summed E-state index contributed by atoms with van der Waals surface area (Å²) in [7, 11) is 7.76. The fraction of sp³-hybridized carbons (Fsp3) is 0.613. The van der Waals surface area contributed by atoms with E-state index in [0.717, 1.165) is 94.4 Å². The van der Waals surface area contributed by atoms with E-state index in [1.807, 2.05) is 31.3 Å². The van der Waals surface area contributed by atoms with Gasteiger partial charge in [-0.1, -0.05) is 37.2 Å². The molecule has 2 fully saturated rings. The lowest BCUT2D eigenvalue weighted by Crippen LogP contribution is -2.46. The first-order valence-corrected chi connectivity index (χ1v) is 14.6. The maximum atomic E-state index is 13.6. The number of nitrogens with zero attached hydrogens (tertiary/aromatic N) is 5. The smallest absolute Gasteiger partial charge is 0.336 e. The average Bonchev–Trinajstić information content (AvgIpc) is 2.96. The van der Waals surface area contributed by atoms with Gasteiger partial charge in [0.2, 0.25) is 0 Å². The van der Waals surface area contributed by atoms with Gasteiger partial charge in [-0.2, -0.15) is 0 Å². The SMILES string of the molecule is C.COC(=O)C1=C(CCN2CCN(C)CC2)N(C)C(CCN2CCN(C)CC2)=C(COC=O)C1c1ccccc1Cl. The van der Waals surface area contributed by atoms with Crippen molar-refractivity contribution in [2.24, 2.45) is 0 Å². The molecule has 1 aromatic rings. The van der Waals surface area contributed by atoms with Crippen LogP contribution in [0, 0.1) is 0 Å². The van der Waals surface area contributed by atoms with Crippen LogP contribution in [0.15, 0.2) is 46.8 Å². The fourth-order valence-electron chi connectivity index (χ4n) is 6.06. The molecule has 3 aliphatic heterocycles. The van der Waals surface area contributed by atoms with Crippen molar-refractivity contribution in [1.82, 2.24) is 24.5 Å². The maximum absolute atomic E-state index is 13.6. The number of ether oxygens (including phenoxy) is 2. The summed E-state index contributed by atoms with van der Waals surface area (Å²) in [5.41, 5.74) is 4.28. The van der Waals surface area contributed by atoms with Crippen molar-refractivity contribution >= 4 is 24.0 Å². The van der Waals surface area contributed by atoms with Crippen molar-refractivity contribution in [3.63, 3.8) is 0 Å². The third kappa shape index (κ3) is 8.11. The van der Waals surface area contributed by atoms with Crippen LogP contribution in [0.2, 0.25) is 5.02 Å². The number of methoxy groups -OCH3 is 1. The molecule has 2 saturated heterocycles. The zero-order chi connectivity index (χ0) is 28.6. The van der Waals surface area contributed by atoms with Gasteiger partial charge in [0.15, 0.2) is 0 Å². The van der Waals surface area contributed by atoms with Crippen LogP contribution >= 0.6 is 11.6 Å². The Labute approximate surface area is 251 Å². The van der Waals surface area contributed by atoms with E-state index < -0.39 is 5.92 Å². The van der Waals surface area contributed by atoms with E-state index in [2.05, 4.69) is 38.6 Å². The minimum atomic E-state index is -0.470. The van der Waals surface area contributed by atoms with Crippen LogP contribution in [0.5, 0.6) is 0 Å². The molecule has 1 unspecified atom stereocenters. The molecule has 4 rings (SSSR count). The van der Waals surface area contributed by atoms with E-state index in [1.54, 1.807) is 0 Å². The molecule has 3 aliphatic rings. The van der Waals surface area contributed by atoms with Crippen LogP contribution in [-0.2, 0) is 19.1 Å². The molecule has 0 amide bonds. The number of hydrogen-bond donors (Lipinski definition) is 0. The second kappa shape index (κ2) is 15.7. The van der Waals surface area contributed by atoms with E-state index in [4.69, 9.17) is 21.1 Å². The number of carbonyl (C=O) groups excluding carboxylic acids is 2. The Kier molecular flexibility index (Phi) is 12.7. The van der Waals surface area contributed by atoms with Crippen LogP contribution in [0.1, 0.15) is 31.7 Å². The highest BCUT2D eigenvalue weighted by molar-refractivity contribution is 6.31. The number of piperazine rings is 2. The number of hydrogen-bond acceptors (Lipinski definition) is 9. The molecule has 10 heteroatoms. The van der Waals surface area contributed by atoms with Crippen molar-refractivity contribution in [3.8, 4) is 0 Å². The lowest BCUT2D eigenvalue weighted by Gasteiger charge is -2.41. The van der Waals surface area contributed by atoms with E-state index in [9.17, 15) is 9.59 Å². The molecule has 228 valence electrons. The molecule has 0 bridgehead atoms. The number of likely N-dealkylation sites (N-methyl/N-ethyl adjacent to an activating group) is 2. The number of esters is 1. The Bertz CT molecular complexity index is 1090. The van der Waals surface area contributed by atoms with Gasteiger partial charge < -0.3 is 34.0 Å². The molecule has 0 N–H and O–H groups in total. The molecule has 0 saturated carbocycles. The van der Waals surface area contributed by atoms with Crippen LogP contribution in [0.25, 0.3) is 0 Å². The molecular weight excluding hydrogens is 542 g/mol. The molecule has 3 heterocycles. The van der Waals surface area contributed by atoms with Crippen molar-refractivity contribution in [2.45, 2.75) is 26.2 Å². The van der Waals surface area contributed by atoms with Crippen molar-refractivity contribution in [2.75, 3.05) is 100 Å². The predicted molar refractivity (Wildman–Crippen MR) is 164 cm³/mol. The van der Waals surface area contributed by atoms with Crippen LogP contribution < -0.4 is 0 Å². The van der Waals surface area contributed by atoms with Crippen molar-refractivity contribution in [1.29, 1.82) is 0 Å². The summed E-state index contributed by atoms with van der Waals surface area (Å²) in [5, 5.41) is 0.568. The zero-order valence-corrected chi connectivity index (χ0v) is 25.2. The number of rotatable bonds is 11. The third-order valence-electron chi connectivity index (χ3n) is 8.58. The number of halogens is 1. The van der Waals surface area contributed by atoms with Crippen LogP contribution in [0.3, 0.4) is 0 Å². The van der Waals surface area contributed by atoms with Gasteiger partial charge >= 0.3 is 5.97 Å². The van der Waals surface area contributed by atoms with Gasteiger partial charge in [0.05, 0.1) is 12.7 Å². The van der Waals surface area contributed by atoms with Crippen molar-refractivity contribution in [3.05, 3.63) is 57.4 Å². The zero-order valence-electron chi connectivity index (χ0n) is 24.4. The molecule has 0 radical (unpaired) electrons. The highest BCUT2D eigenvalue weighted by atomic mass is 35.5. The summed E-state index contributed by atoms with van der Waals surface area (Å²) in [4.78, 5) is 36.8. The first kappa shape index (κ1) is 33.1. The maximum Gasteiger partial charge on any atom is 0.336 e. The summed E-state index contributed by atoms with van der Waals surface area (Å²) in [5.74, 6) is -0.853. The van der Waals surface area contributed by atoms with Crippen molar-refractivity contribution < 1.29 is 19.1 Å². The van der Waals surface area contributed by atoms with Gasteiger partial charge in [0, 0.05) is 108 Å². The predicted octanol–water partition coefficient (Wildman–Crippen LogP) is 3.13. The number of carbonyl (C=O) groups is 2. The Morgan fingerprint density at radius 3 is 1.95 bits per heavy atom. The van der Waals surface area contributed by atoms with Crippen LogP contribution in [-0.4, -0.2) is 137 Å². The van der Waals surface area contributed by atoms with Gasteiger partial charge in [0.1, 0.15) is 6.61 Å². The molecule has 0 spiro atoms. The van der Waals surface area contributed by atoms with E-state index >= 15 is 0 Å². The molecule has 0 aromatic heterocycles. The Hall–Kier alpha value is -2.43. The third-order valence-corrected chi connectivity index (χ3v) is 8.92. The standard InChI is InChI=1S/C30H44ClN5O4.CH4/c1-32-13-17-35(18-14-32)11-9-26-24(21-40-22-37)28(23-7-5-6-8-25(23)31)29(30(38)39-4)27(34(26)3)10-12-36-19-15-33(2)16-20-36;/h5-8,22,28H,9-21H2,1-4H3;1H4. The second-order valence-electron chi connectivity index (χ2n) is 11.0. The molecule has 0 aliphatic carbocycles. The summed E-state index contributed by atoms with van der Waals surface area (Å²) >= 11 is 6.78. The molecule has 41 heavy (non-hydrogen) atoms. The van der Waals surface area contributed by atoms with Crippen LogP contribution in [0.4, 0.5) is 0 Å². The quantitative estimate of drug-likeness (QED) is 0.286. The molecule has 1 atom stereocenters. The highest BCUT2D eigenvalue weighted by Gasteiger charge is 2.39. The summed E-state index contributed by atoms with van der Waals surface area (Å²) in [6.45, 7) is 10.5. The summed E-state index contributed by atoms with van der Waals surface area (Å²) < 4.78 is 10.8. The first-order chi connectivity index (χ1) is 19.3. The van der Waals surface area contributed by atoms with E-state index in [0.29, 0.717) is 23.5 Å². The molecule has 9 nitrogen and oxygen atoms in total. The Morgan fingerprint density at radius 1 is 0.902 bits per heavy atom. The van der Waals surface area contributed by atoms with Gasteiger partial charge in [-0.25, -0.2) is 4.79 Å². The van der Waals surface area contributed by atoms with Gasteiger partial charge in [-0.05, 0) is 31.3 Å². The minimum Gasteiger partial charge on any atom is -0.466 e. The fourth-order valence-corrected chi connectivity index (χ4v) is 6.30. The summed E-state index contributed by atoms with van der Waals surface area (Å²) in [6.07, 6.45) is 1.47. The molecule has 1 aromatic carbocycles. The Morgan fingerprint density at radius 2 is 1.44 bits per heavy atom. The largest absolute Gasteiger partial charge is 0.466 e. The topological polar surface area (TPSA) is 68.8 Å². The van der Waals surface area contributed by atoms with E-state index in [-0.39, 0.29) is 20.0 Å². The second-order valence-corrected chi connectivity index (χ2v) is 11.4. The highest BCUT2D eigenvalue weighted by Crippen LogP contribution is 2.45. The lowest BCUT2D eigenvalue weighted by atomic mass is 9.78. The first-order valence-electron chi connectivity index (χ1n) is 14.2. The Balaban J connectivity index is 0.00000462. The van der Waals surface area contributed by atoms with Gasteiger partial charge in [0.25, 0.3) is 6.47 Å². The average molecular weight is 590 g/mol. The van der Waals surface area contributed by atoms with E-state index in [1.165, 1.54) is 7.11 Å². The minimum absolute atomic E-state index is 0. The monoisotopic (exact) mass is 589 g/mol. The van der Waals surface area contributed by atoms with Gasteiger partial charge in [-0.15, -0.1) is 0 Å². The lowest BCUT2D eigenvalue weighted by molar-refractivity contribution is -0.136. The van der Waals surface area contributed by atoms with Gasteiger partial charge in [-0.3, -0.25) is 4.79 Å². The molecular formula is C31H48ClN5O4. The summed E-state index contributed by atoms with van der Waals surface area (Å²) in [6, 6.07) is 7.62.